The summed E-state index contributed by atoms with van der Waals surface area (Å²) in [4.78, 5) is 17.5. The molecule has 1 aliphatic heterocycles. The molecular formula is C18H29IN4O2. The quantitative estimate of drug-likeness (QED) is 0.389. The first-order valence-corrected chi connectivity index (χ1v) is 8.44. The zero-order chi connectivity index (χ0) is 17.4. The number of benzene rings is 1. The average molecular weight is 460 g/mol. The first kappa shape index (κ1) is 21.7. The SMILES string of the molecule is CN=C(NCCc1ccc(NC(C)=O)cc1)N(C)CC1CCOC1.I. The molecule has 0 spiro atoms. The molecule has 0 aromatic heterocycles. The standard InChI is InChI=1S/C18H28N4O2.HI/c1-14(23)21-17-6-4-15(5-7-17)8-10-20-18(19-2)22(3)12-16-9-11-24-13-16;/h4-7,16H,8-13H2,1-3H3,(H,19,20)(H,21,23);1H. The van der Waals surface area contributed by atoms with Crippen LogP contribution in [0.15, 0.2) is 29.3 Å². The lowest BCUT2D eigenvalue weighted by Gasteiger charge is -2.24. The summed E-state index contributed by atoms with van der Waals surface area (Å²) in [6, 6.07) is 7.93. The van der Waals surface area contributed by atoms with Crippen molar-refractivity contribution >= 4 is 41.5 Å². The number of hydrogen-bond acceptors (Lipinski definition) is 3. The van der Waals surface area contributed by atoms with Crippen molar-refractivity contribution < 1.29 is 9.53 Å². The van der Waals surface area contributed by atoms with E-state index in [1.807, 2.05) is 31.3 Å². The van der Waals surface area contributed by atoms with Crippen LogP contribution in [0.4, 0.5) is 5.69 Å². The number of guanidine groups is 1. The van der Waals surface area contributed by atoms with Gasteiger partial charge in [-0.1, -0.05) is 12.1 Å². The largest absolute Gasteiger partial charge is 0.381 e. The molecule has 25 heavy (non-hydrogen) atoms. The average Bonchev–Trinajstić information content (AvgIpc) is 3.05. The summed E-state index contributed by atoms with van der Waals surface area (Å²) in [6.07, 6.45) is 2.03. The van der Waals surface area contributed by atoms with Gasteiger partial charge in [-0.05, 0) is 30.5 Å². The maximum absolute atomic E-state index is 11.0. The Balaban J connectivity index is 0.00000312. The normalized spacial score (nSPS) is 16.9. The summed E-state index contributed by atoms with van der Waals surface area (Å²) >= 11 is 0. The van der Waals surface area contributed by atoms with Gasteiger partial charge in [0.1, 0.15) is 0 Å². The fraction of sp³-hybridized carbons (Fsp3) is 0.556. The summed E-state index contributed by atoms with van der Waals surface area (Å²) in [5.41, 5.74) is 2.05. The highest BCUT2D eigenvalue weighted by Gasteiger charge is 2.18. The van der Waals surface area contributed by atoms with Crippen molar-refractivity contribution in [3.8, 4) is 0 Å². The highest BCUT2D eigenvalue weighted by Crippen LogP contribution is 2.13. The molecule has 0 radical (unpaired) electrons. The molecule has 2 N–H and O–H groups in total. The van der Waals surface area contributed by atoms with Gasteiger partial charge in [0, 0.05) is 52.3 Å². The molecule has 1 fully saturated rings. The van der Waals surface area contributed by atoms with Crippen molar-refractivity contribution in [1.29, 1.82) is 0 Å². The molecule has 0 saturated carbocycles. The van der Waals surface area contributed by atoms with Gasteiger partial charge in [0.15, 0.2) is 5.96 Å². The van der Waals surface area contributed by atoms with Crippen LogP contribution in [-0.2, 0) is 16.0 Å². The minimum atomic E-state index is -0.0519. The van der Waals surface area contributed by atoms with Crippen molar-refractivity contribution in [3.63, 3.8) is 0 Å². The smallest absolute Gasteiger partial charge is 0.221 e. The molecule has 1 aromatic carbocycles. The van der Waals surface area contributed by atoms with Crippen molar-refractivity contribution in [3.05, 3.63) is 29.8 Å². The maximum Gasteiger partial charge on any atom is 0.221 e. The molecule has 2 rings (SSSR count). The molecule has 0 bridgehead atoms. The van der Waals surface area contributed by atoms with E-state index in [-0.39, 0.29) is 29.9 Å². The Morgan fingerprint density at radius 1 is 1.36 bits per heavy atom. The molecular weight excluding hydrogens is 431 g/mol. The third kappa shape index (κ3) is 7.60. The second-order valence-electron chi connectivity index (χ2n) is 6.21. The molecule has 1 heterocycles. The number of hydrogen-bond donors (Lipinski definition) is 2. The molecule has 1 amide bonds. The van der Waals surface area contributed by atoms with E-state index < -0.39 is 0 Å². The molecule has 1 aromatic rings. The molecule has 1 atom stereocenters. The van der Waals surface area contributed by atoms with Gasteiger partial charge in [-0.15, -0.1) is 24.0 Å². The van der Waals surface area contributed by atoms with E-state index in [2.05, 4.69) is 27.6 Å². The van der Waals surface area contributed by atoms with Crippen LogP contribution in [0, 0.1) is 5.92 Å². The lowest BCUT2D eigenvalue weighted by atomic mass is 10.1. The van der Waals surface area contributed by atoms with E-state index in [1.165, 1.54) is 12.5 Å². The minimum absolute atomic E-state index is 0. The summed E-state index contributed by atoms with van der Waals surface area (Å²) < 4.78 is 5.43. The maximum atomic E-state index is 11.0. The molecule has 1 aliphatic rings. The van der Waals surface area contributed by atoms with Crippen LogP contribution >= 0.6 is 24.0 Å². The minimum Gasteiger partial charge on any atom is -0.381 e. The van der Waals surface area contributed by atoms with E-state index in [0.29, 0.717) is 5.92 Å². The van der Waals surface area contributed by atoms with Gasteiger partial charge in [-0.25, -0.2) is 0 Å². The lowest BCUT2D eigenvalue weighted by molar-refractivity contribution is -0.114. The number of rotatable bonds is 6. The first-order valence-electron chi connectivity index (χ1n) is 8.44. The Bertz CT molecular complexity index is 557. The van der Waals surface area contributed by atoms with Crippen LogP contribution in [-0.4, -0.2) is 57.2 Å². The van der Waals surface area contributed by atoms with Gasteiger partial charge in [0.05, 0.1) is 6.61 Å². The van der Waals surface area contributed by atoms with Gasteiger partial charge in [-0.3, -0.25) is 9.79 Å². The molecule has 0 aliphatic carbocycles. The van der Waals surface area contributed by atoms with E-state index in [0.717, 1.165) is 50.8 Å². The van der Waals surface area contributed by atoms with Crippen LogP contribution in [0.25, 0.3) is 0 Å². The van der Waals surface area contributed by atoms with E-state index in [1.54, 1.807) is 0 Å². The number of carbonyl (C=O) groups is 1. The summed E-state index contributed by atoms with van der Waals surface area (Å²) in [5.74, 6) is 1.45. The number of anilines is 1. The second kappa shape index (κ2) is 11.3. The van der Waals surface area contributed by atoms with Crippen molar-refractivity contribution in [1.82, 2.24) is 10.2 Å². The summed E-state index contributed by atoms with van der Waals surface area (Å²) in [7, 11) is 3.88. The number of carbonyl (C=O) groups excluding carboxylic acids is 1. The van der Waals surface area contributed by atoms with Crippen molar-refractivity contribution in [2.24, 2.45) is 10.9 Å². The van der Waals surface area contributed by atoms with Crippen molar-refractivity contribution in [2.75, 3.05) is 45.7 Å². The Hall–Kier alpha value is -1.35. The third-order valence-corrected chi connectivity index (χ3v) is 4.10. The number of nitrogens with zero attached hydrogens (tertiary/aromatic N) is 2. The predicted molar refractivity (Wildman–Crippen MR) is 113 cm³/mol. The molecule has 140 valence electrons. The van der Waals surface area contributed by atoms with Crippen LogP contribution < -0.4 is 10.6 Å². The van der Waals surface area contributed by atoms with Crippen molar-refractivity contribution in [2.45, 2.75) is 19.8 Å². The molecule has 7 heteroatoms. The van der Waals surface area contributed by atoms with Crippen LogP contribution in [0.2, 0.25) is 0 Å². The number of aliphatic imine (C=N–C) groups is 1. The van der Waals surface area contributed by atoms with Gasteiger partial charge in [0.25, 0.3) is 0 Å². The van der Waals surface area contributed by atoms with Gasteiger partial charge >= 0.3 is 0 Å². The molecule has 1 saturated heterocycles. The second-order valence-corrected chi connectivity index (χ2v) is 6.21. The van der Waals surface area contributed by atoms with Gasteiger partial charge < -0.3 is 20.3 Å². The Labute approximate surface area is 167 Å². The zero-order valence-electron chi connectivity index (χ0n) is 15.2. The predicted octanol–water partition coefficient (Wildman–Crippen LogP) is 2.35. The Kier molecular flexibility index (Phi) is 9.81. The van der Waals surface area contributed by atoms with Gasteiger partial charge in [0.2, 0.25) is 5.91 Å². The van der Waals surface area contributed by atoms with E-state index in [9.17, 15) is 4.79 Å². The number of amides is 1. The molecule has 1 unspecified atom stereocenters. The fourth-order valence-corrected chi connectivity index (χ4v) is 2.86. The monoisotopic (exact) mass is 460 g/mol. The third-order valence-electron chi connectivity index (χ3n) is 4.10. The van der Waals surface area contributed by atoms with E-state index >= 15 is 0 Å². The number of ether oxygens (including phenoxy) is 1. The first-order chi connectivity index (χ1) is 11.6. The van der Waals surface area contributed by atoms with Crippen LogP contribution in [0.5, 0.6) is 0 Å². The summed E-state index contributed by atoms with van der Waals surface area (Å²) in [6.45, 7) is 5.02. The van der Waals surface area contributed by atoms with Crippen LogP contribution in [0.1, 0.15) is 18.9 Å². The van der Waals surface area contributed by atoms with E-state index in [4.69, 9.17) is 4.74 Å². The van der Waals surface area contributed by atoms with Gasteiger partial charge in [-0.2, -0.15) is 0 Å². The topological polar surface area (TPSA) is 66.0 Å². The zero-order valence-corrected chi connectivity index (χ0v) is 17.6. The highest BCUT2D eigenvalue weighted by atomic mass is 127. The Morgan fingerprint density at radius 2 is 2.08 bits per heavy atom. The molecule has 6 nitrogen and oxygen atoms in total. The summed E-state index contributed by atoms with van der Waals surface area (Å²) in [5, 5.41) is 6.18. The fourth-order valence-electron chi connectivity index (χ4n) is 2.86. The lowest BCUT2D eigenvalue weighted by Crippen LogP contribution is -2.42. The highest BCUT2D eigenvalue weighted by molar-refractivity contribution is 14.0. The number of nitrogens with one attached hydrogen (secondary N) is 2. The van der Waals surface area contributed by atoms with Crippen LogP contribution in [0.3, 0.4) is 0 Å². The number of halogens is 1. The Morgan fingerprint density at radius 3 is 2.64 bits per heavy atom.